The summed E-state index contributed by atoms with van der Waals surface area (Å²) in [5.41, 5.74) is 1.43. The summed E-state index contributed by atoms with van der Waals surface area (Å²) in [6.45, 7) is 0. The smallest absolute Gasteiger partial charge is 0.341 e. The summed E-state index contributed by atoms with van der Waals surface area (Å²) in [6.07, 6.45) is 8.36. The Balaban J connectivity index is 1.64. The van der Waals surface area contributed by atoms with Crippen LogP contribution in [0.5, 0.6) is 0 Å². The van der Waals surface area contributed by atoms with Gasteiger partial charge in [0.15, 0.2) is 0 Å². The van der Waals surface area contributed by atoms with Gasteiger partial charge in [-0.05, 0) is 49.5 Å². The number of anilines is 1. The van der Waals surface area contributed by atoms with Crippen molar-refractivity contribution in [2.24, 2.45) is 23.7 Å². The van der Waals surface area contributed by atoms with Crippen LogP contribution < -0.4 is 5.32 Å². The normalized spacial score (nSPS) is 28.7. The number of aliphatic carboxylic acids is 1. The van der Waals surface area contributed by atoms with Crippen LogP contribution in [-0.2, 0) is 27.2 Å². The molecule has 1 fully saturated rings. The summed E-state index contributed by atoms with van der Waals surface area (Å²) in [5, 5.41) is 12.9. The van der Waals surface area contributed by atoms with Gasteiger partial charge in [0.2, 0.25) is 5.91 Å². The third-order valence-corrected chi connectivity index (χ3v) is 7.05. The Kier molecular flexibility index (Phi) is 4.34. The summed E-state index contributed by atoms with van der Waals surface area (Å²) in [6, 6.07) is 0. The van der Waals surface area contributed by atoms with E-state index in [0.717, 1.165) is 36.1 Å². The van der Waals surface area contributed by atoms with E-state index in [1.54, 1.807) is 0 Å². The molecule has 0 unspecified atom stereocenters. The molecule has 3 aliphatic rings. The van der Waals surface area contributed by atoms with Gasteiger partial charge in [-0.25, -0.2) is 4.79 Å². The molecule has 0 radical (unpaired) electrons. The van der Waals surface area contributed by atoms with Crippen molar-refractivity contribution in [1.29, 1.82) is 0 Å². The van der Waals surface area contributed by atoms with E-state index in [0.29, 0.717) is 17.0 Å². The zero-order valence-electron chi connectivity index (χ0n) is 14.5. The molecular weight excluding hydrogens is 354 g/mol. The number of rotatable bonds is 4. The predicted molar refractivity (Wildman–Crippen MR) is 96.3 cm³/mol. The fourth-order valence-corrected chi connectivity index (χ4v) is 5.96. The molecule has 2 N–H and O–H groups in total. The molecule has 7 heteroatoms. The van der Waals surface area contributed by atoms with E-state index in [1.165, 1.54) is 18.4 Å². The highest BCUT2D eigenvalue weighted by atomic mass is 32.1. The zero-order chi connectivity index (χ0) is 18.4. The molecule has 0 saturated heterocycles. The van der Waals surface area contributed by atoms with Gasteiger partial charge in [-0.15, -0.1) is 11.3 Å². The highest BCUT2D eigenvalue weighted by Crippen LogP contribution is 2.49. The van der Waals surface area contributed by atoms with E-state index in [9.17, 15) is 19.5 Å². The van der Waals surface area contributed by atoms with Crippen LogP contribution in [0.4, 0.5) is 5.00 Å². The quantitative estimate of drug-likeness (QED) is 0.624. The molecule has 4 rings (SSSR count). The number of esters is 1. The molecule has 1 aromatic heterocycles. The molecule has 26 heavy (non-hydrogen) atoms. The first-order valence-electron chi connectivity index (χ1n) is 8.96. The zero-order valence-corrected chi connectivity index (χ0v) is 15.3. The molecule has 0 spiro atoms. The number of methoxy groups -OCH3 is 1. The summed E-state index contributed by atoms with van der Waals surface area (Å²) < 4.78 is 4.93. The maximum atomic E-state index is 12.9. The first-order chi connectivity index (χ1) is 12.5. The minimum atomic E-state index is -0.930. The van der Waals surface area contributed by atoms with Gasteiger partial charge < -0.3 is 15.2 Å². The van der Waals surface area contributed by atoms with Crippen molar-refractivity contribution < 1.29 is 24.2 Å². The molecule has 0 aliphatic heterocycles. The number of hydrogen-bond acceptors (Lipinski definition) is 5. The van der Waals surface area contributed by atoms with Crippen LogP contribution in [-0.4, -0.2) is 30.1 Å². The van der Waals surface area contributed by atoms with Gasteiger partial charge in [0, 0.05) is 4.88 Å². The van der Waals surface area contributed by atoms with E-state index < -0.39 is 23.8 Å². The molecule has 1 aromatic rings. The van der Waals surface area contributed by atoms with Crippen LogP contribution in [0.25, 0.3) is 0 Å². The average Bonchev–Trinajstić information content (AvgIpc) is 3.32. The van der Waals surface area contributed by atoms with Gasteiger partial charge in [0.1, 0.15) is 5.00 Å². The topological polar surface area (TPSA) is 92.7 Å². The minimum Gasteiger partial charge on any atom is -0.481 e. The molecule has 3 aliphatic carbocycles. The van der Waals surface area contributed by atoms with Crippen molar-refractivity contribution in [3.8, 4) is 0 Å². The molecule has 6 nitrogen and oxygen atoms in total. The summed E-state index contributed by atoms with van der Waals surface area (Å²) in [5.74, 6) is -3.09. The first kappa shape index (κ1) is 17.3. The number of nitrogens with one attached hydrogen (secondary N) is 1. The number of carboxylic acid groups (broad SMARTS) is 1. The van der Waals surface area contributed by atoms with Gasteiger partial charge >= 0.3 is 11.9 Å². The van der Waals surface area contributed by atoms with E-state index >= 15 is 0 Å². The first-order valence-corrected chi connectivity index (χ1v) is 9.77. The number of amides is 1. The SMILES string of the molecule is COC(=O)c1c(NC(=O)[C@@H]2[C@@H](C(=O)O)[C@H]3C=C[C@H]2C3)sc2c1CCCC2. The van der Waals surface area contributed by atoms with Crippen LogP contribution in [0.2, 0.25) is 0 Å². The number of ether oxygens (including phenoxy) is 1. The average molecular weight is 375 g/mol. The molecule has 2 bridgehead atoms. The van der Waals surface area contributed by atoms with Crippen molar-refractivity contribution in [2.75, 3.05) is 12.4 Å². The summed E-state index contributed by atoms with van der Waals surface area (Å²) in [7, 11) is 1.34. The molecular formula is C19H21NO5S. The lowest BCUT2D eigenvalue weighted by Crippen LogP contribution is -2.36. The van der Waals surface area contributed by atoms with Crippen molar-refractivity contribution in [2.45, 2.75) is 32.1 Å². The lowest BCUT2D eigenvalue weighted by molar-refractivity contribution is -0.146. The van der Waals surface area contributed by atoms with Crippen LogP contribution in [0.3, 0.4) is 0 Å². The Morgan fingerprint density at radius 1 is 1.15 bits per heavy atom. The fourth-order valence-electron chi connectivity index (χ4n) is 4.68. The molecule has 4 atom stereocenters. The van der Waals surface area contributed by atoms with Crippen LogP contribution in [0.15, 0.2) is 12.2 Å². The van der Waals surface area contributed by atoms with Gasteiger partial charge in [-0.3, -0.25) is 9.59 Å². The number of fused-ring (bicyclic) bond motifs is 3. The second-order valence-electron chi connectivity index (χ2n) is 7.23. The highest BCUT2D eigenvalue weighted by molar-refractivity contribution is 7.17. The van der Waals surface area contributed by atoms with Crippen molar-refractivity contribution in [3.05, 3.63) is 28.2 Å². The Morgan fingerprint density at radius 2 is 1.85 bits per heavy atom. The lowest BCUT2D eigenvalue weighted by atomic mass is 9.82. The van der Waals surface area contributed by atoms with E-state index in [-0.39, 0.29) is 17.7 Å². The Hall–Kier alpha value is -2.15. The number of carboxylic acids is 1. The van der Waals surface area contributed by atoms with Crippen molar-refractivity contribution in [1.82, 2.24) is 0 Å². The van der Waals surface area contributed by atoms with Gasteiger partial charge in [-0.1, -0.05) is 12.2 Å². The van der Waals surface area contributed by atoms with Crippen LogP contribution in [0.1, 0.15) is 40.1 Å². The van der Waals surface area contributed by atoms with Crippen molar-refractivity contribution in [3.63, 3.8) is 0 Å². The molecule has 1 saturated carbocycles. The van der Waals surface area contributed by atoms with Gasteiger partial charge in [0.05, 0.1) is 24.5 Å². The Labute approximate surface area is 155 Å². The van der Waals surface area contributed by atoms with Crippen LogP contribution >= 0.6 is 11.3 Å². The van der Waals surface area contributed by atoms with Gasteiger partial charge in [0.25, 0.3) is 0 Å². The fraction of sp³-hybridized carbons (Fsp3) is 0.526. The van der Waals surface area contributed by atoms with E-state index in [2.05, 4.69) is 5.32 Å². The number of carbonyl (C=O) groups excluding carboxylic acids is 2. The minimum absolute atomic E-state index is 0.0442. The second-order valence-corrected chi connectivity index (χ2v) is 8.34. The third-order valence-electron chi connectivity index (χ3n) is 5.84. The number of thiophene rings is 1. The van der Waals surface area contributed by atoms with Gasteiger partial charge in [-0.2, -0.15) is 0 Å². The Morgan fingerprint density at radius 3 is 2.54 bits per heavy atom. The Bertz CT molecular complexity index is 811. The number of carbonyl (C=O) groups is 3. The molecule has 138 valence electrons. The monoisotopic (exact) mass is 375 g/mol. The molecule has 1 amide bonds. The summed E-state index contributed by atoms with van der Waals surface area (Å²) >= 11 is 1.42. The van der Waals surface area contributed by atoms with Crippen LogP contribution in [0, 0.1) is 23.7 Å². The maximum absolute atomic E-state index is 12.9. The number of aryl methyl sites for hydroxylation is 1. The maximum Gasteiger partial charge on any atom is 0.341 e. The standard InChI is InChI=1S/C19H21NO5S/c1-25-19(24)15-11-4-2-3-5-12(11)26-17(15)20-16(21)13-9-6-7-10(8-9)14(13)18(22)23/h6-7,9-10,13-14H,2-5,8H2,1H3,(H,20,21)(H,22,23)/t9-,10-,13-,14-/m0/s1. The predicted octanol–water partition coefficient (Wildman–Crippen LogP) is 2.87. The molecule has 0 aromatic carbocycles. The third kappa shape index (κ3) is 2.65. The summed E-state index contributed by atoms with van der Waals surface area (Å²) in [4.78, 5) is 38.0. The highest BCUT2D eigenvalue weighted by Gasteiger charge is 2.51. The number of hydrogen-bond donors (Lipinski definition) is 2. The lowest BCUT2D eigenvalue weighted by Gasteiger charge is -2.23. The number of allylic oxidation sites excluding steroid dienone is 2. The molecule has 1 heterocycles. The van der Waals surface area contributed by atoms with E-state index in [1.807, 2.05) is 12.2 Å². The van der Waals surface area contributed by atoms with E-state index in [4.69, 9.17) is 4.74 Å². The largest absolute Gasteiger partial charge is 0.481 e. The second kappa shape index (κ2) is 6.54. The van der Waals surface area contributed by atoms with Crippen molar-refractivity contribution >= 4 is 34.2 Å².